The number of piperidine rings is 1. The molecular formula is C31H28BrN5O2. The van der Waals surface area contributed by atoms with E-state index in [4.69, 9.17) is 4.74 Å². The van der Waals surface area contributed by atoms with E-state index in [0.717, 1.165) is 28.6 Å². The number of anilines is 2. The molecule has 0 atom stereocenters. The van der Waals surface area contributed by atoms with Gasteiger partial charge in [0.2, 0.25) is 0 Å². The Balaban J connectivity index is 1.27. The fraction of sp³-hybridized carbons (Fsp3) is 0.194. The quantitative estimate of drug-likeness (QED) is 0.228. The molecule has 1 N–H and O–H groups in total. The van der Waals surface area contributed by atoms with Crippen LogP contribution >= 0.6 is 15.9 Å². The summed E-state index contributed by atoms with van der Waals surface area (Å²) in [6.45, 7) is 1.81. The Bertz CT molecular complexity index is 1580. The van der Waals surface area contributed by atoms with Crippen LogP contribution in [0.5, 0.6) is 5.75 Å². The van der Waals surface area contributed by atoms with E-state index in [1.807, 2.05) is 65.6 Å². The van der Waals surface area contributed by atoms with Crippen molar-refractivity contribution in [1.82, 2.24) is 19.5 Å². The van der Waals surface area contributed by atoms with Crippen molar-refractivity contribution < 1.29 is 9.53 Å². The maximum Gasteiger partial charge on any atom is 0.259 e. The van der Waals surface area contributed by atoms with Crippen LogP contribution in [0.3, 0.4) is 0 Å². The Kier molecular flexibility index (Phi) is 7.27. The summed E-state index contributed by atoms with van der Waals surface area (Å²) in [5, 5.41) is 7.97. The number of carbonyl (C=O) groups excluding carboxylic acids is 1. The summed E-state index contributed by atoms with van der Waals surface area (Å²) >= 11 is 3.52. The Morgan fingerprint density at radius 2 is 1.62 bits per heavy atom. The third kappa shape index (κ3) is 5.38. The Hall–Kier alpha value is -4.17. The highest BCUT2D eigenvalue weighted by atomic mass is 79.9. The number of fused-ring (bicyclic) bond motifs is 1. The van der Waals surface area contributed by atoms with Crippen LogP contribution in [0.4, 0.5) is 11.5 Å². The van der Waals surface area contributed by atoms with Crippen LogP contribution < -0.4 is 10.1 Å². The van der Waals surface area contributed by atoms with Gasteiger partial charge in [-0.3, -0.25) is 4.79 Å². The molecule has 196 valence electrons. The van der Waals surface area contributed by atoms with Gasteiger partial charge in [0.05, 0.1) is 16.4 Å². The van der Waals surface area contributed by atoms with Gasteiger partial charge in [0.15, 0.2) is 5.65 Å². The number of nitrogens with zero attached hydrogens (tertiary/aromatic N) is 4. The highest BCUT2D eigenvalue weighted by Crippen LogP contribution is 2.33. The minimum absolute atomic E-state index is 0.0623. The third-order valence-corrected chi connectivity index (χ3v) is 7.70. The first-order chi connectivity index (χ1) is 19.2. The second kappa shape index (κ2) is 11.3. The highest BCUT2D eigenvalue weighted by Gasteiger charge is 2.28. The average Bonchev–Trinajstić information content (AvgIpc) is 3.38. The highest BCUT2D eigenvalue weighted by molar-refractivity contribution is 9.10. The Morgan fingerprint density at radius 3 is 2.38 bits per heavy atom. The fourth-order valence-electron chi connectivity index (χ4n) is 5.05. The van der Waals surface area contributed by atoms with E-state index in [9.17, 15) is 4.79 Å². The normalized spacial score (nSPS) is 13.9. The minimum Gasteiger partial charge on any atom is -0.487 e. The zero-order chi connectivity index (χ0) is 26.6. The molecule has 1 amide bonds. The van der Waals surface area contributed by atoms with Crippen LogP contribution in [-0.4, -0.2) is 38.5 Å². The number of benzene rings is 3. The topological polar surface area (TPSA) is 71.8 Å². The standard InChI is InChI=1S/C31H28BrN5O2/c32-26-20-34-37-29(35-27-13-7-8-14-28(27)39-21-22-9-3-1-4-10-22)25(19-33-30(26)37)31(38)36-17-15-24(16-18-36)23-11-5-2-6-12-23/h1-14,19-20,24,35H,15-18,21H2. The summed E-state index contributed by atoms with van der Waals surface area (Å²) in [5.41, 5.74) is 4.24. The smallest absolute Gasteiger partial charge is 0.259 e. The van der Waals surface area contributed by atoms with Crippen molar-refractivity contribution in [3.63, 3.8) is 0 Å². The molecule has 1 saturated heterocycles. The molecule has 3 heterocycles. The van der Waals surface area contributed by atoms with Crippen molar-refractivity contribution >= 4 is 39.0 Å². The first-order valence-corrected chi connectivity index (χ1v) is 13.9. The summed E-state index contributed by atoms with van der Waals surface area (Å²) in [4.78, 5) is 20.3. The second-order valence-corrected chi connectivity index (χ2v) is 10.5. The van der Waals surface area contributed by atoms with Crippen molar-refractivity contribution in [2.24, 2.45) is 0 Å². The van der Waals surface area contributed by atoms with Gasteiger partial charge in [-0.15, -0.1) is 0 Å². The van der Waals surface area contributed by atoms with E-state index >= 15 is 0 Å². The maximum atomic E-state index is 13.9. The number of nitrogens with one attached hydrogen (secondary N) is 1. The van der Waals surface area contributed by atoms with Crippen LogP contribution in [0.15, 0.2) is 102 Å². The Morgan fingerprint density at radius 1 is 0.923 bits per heavy atom. The van der Waals surface area contributed by atoms with Gasteiger partial charge in [-0.1, -0.05) is 72.8 Å². The van der Waals surface area contributed by atoms with Gasteiger partial charge < -0.3 is 15.0 Å². The molecule has 39 heavy (non-hydrogen) atoms. The molecule has 2 aromatic heterocycles. The molecule has 6 rings (SSSR count). The molecule has 8 heteroatoms. The van der Waals surface area contributed by atoms with Crippen molar-refractivity contribution in [2.45, 2.75) is 25.4 Å². The molecule has 0 unspecified atom stereocenters. The number of ether oxygens (including phenoxy) is 1. The first-order valence-electron chi connectivity index (χ1n) is 13.1. The predicted molar refractivity (Wildman–Crippen MR) is 156 cm³/mol. The largest absolute Gasteiger partial charge is 0.487 e. The lowest BCUT2D eigenvalue weighted by molar-refractivity contribution is 0.0713. The lowest BCUT2D eigenvalue weighted by atomic mass is 9.89. The molecule has 5 aromatic rings. The molecule has 1 fully saturated rings. The maximum absolute atomic E-state index is 13.9. The number of aromatic nitrogens is 3. The van der Waals surface area contributed by atoms with Crippen molar-refractivity contribution in [3.8, 4) is 5.75 Å². The molecule has 0 spiro atoms. The van der Waals surface area contributed by atoms with Crippen molar-refractivity contribution in [3.05, 3.63) is 118 Å². The summed E-state index contributed by atoms with van der Waals surface area (Å²) < 4.78 is 8.59. The number of hydrogen-bond donors (Lipinski definition) is 1. The number of carbonyl (C=O) groups is 1. The number of amides is 1. The minimum atomic E-state index is -0.0623. The van der Waals surface area contributed by atoms with Crippen LogP contribution in [0.1, 0.15) is 40.2 Å². The molecular weight excluding hydrogens is 554 g/mol. The van der Waals surface area contributed by atoms with E-state index in [2.05, 4.69) is 55.6 Å². The zero-order valence-corrected chi connectivity index (χ0v) is 22.9. The van der Waals surface area contributed by atoms with Crippen LogP contribution in [-0.2, 0) is 6.61 Å². The lowest BCUT2D eigenvalue weighted by Crippen LogP contribution is -2.38. The first kappa shape index (κ1) is 25.1. The van der Waals surface area contributed by atoms with Gasteiger partial charge in [-0.2, -0.15) is 9.61 Å². The predicted octanol–water partition coefficient (Wildman–Crippen LogP) is 6.83. The van der Waals surface area contributed by atoms with Crippen LogP contribution in [0, 0.1) is 0 Å². The van der Waals surface area contributed by atoms with E-state index in [1.165, 1.54) is 5.56 Å². The van der Waals surface area contributed by atoms with Gasteiger partial charge in [0, 0.05) is 19.3 Å². The van der Waals surface area contributed by atoms with E-state index in [0.29, 0.717) is 48.4 Å². The summed E-state index contributed by atoms with van der Waals surface area (Å²) in [6.07, 6.45) is 5.18. The van der Waals surface area contributed by atoms with Gasteiger partial charge in [0.1, 0.15) is 23.7 Å². The number of hydrogen-bond acceptors (Lipinski definition) is 5. The van der Waals surface area contributed by atoms with E-state index < -0.39 is 0 Å². The molecule has 7 nitrogen and oxygen atoms in total. The lowest BCUT2D eigenvalue weighted by Gasteiger charge is -2.32. The van der Waals surface area contributed by atoms with E-state index in [1.54, 1.807) is 16.9 Å². The van der Waals surface area contributed by atoms with Gasteiger partial charge in [0.25, 0.3) is 5.91 Å². The van der Waals surface area contributed by atoms with Crippen molar-refractivity contribution in [2.75, 3.05) is 18.4 Å². The summed E-state index contributed by atoms with van der Waals surface area (Å²) in [5.74, 6) is 1.63. The Labute approximate surface area is 235 Å². The number of para-hydroxylation sites is 2. The van der Waals surface area contributed by atoms with Gasteiger partial charge >= 0.3 is 0 Å². The van der Waals surface area contributed by atoms with Crippen molar-refractivity contribution in [1.29, 1.82) is 0 Å². The summed E-state index contributed by atoms with van der Waals surface area (Å²) in [7, 11) is 0. The second-order valence-electron chi connectivity index (χ2n) is 9.62. The molecule has 1 aliphatic rings. The van der Waals surface area contributed by atoms with E-state index in [-0.39, 0.29) is 5.91 Å². The molecule has 1 aliphatic heterocycles. The van der Waals surface area contributed by atoms with Crippen LogP contribution in [0.25, 0.3) is 5.65 Å². The molecule has 0 bridgehead atoms. The fourth-order valence-corrected chi connectivity index (χ4v) is 5.41. The number of rotatable bonds is 7. The SMILES string of the molecule is O=C(c1cnc2c(Br)cnn2c1Nc1ccccc1OCc1ccccc1)N1CCC(c2ccccc2)CC1. The summed E-state index contributed by atoms with van der Waals surface area (Å²) in [6, 6.07) is 28.3. The average molecular weight is 583 g/mol. The monoisotopic (exact) mass is 581 g/mol. The number of likely N-dealkylation sites (tertiary alicyclic amines) is 1. The third-order valence-electron chi connectivity index (χ3n) is 7.14. The van der Waals surface area contributed by atoms with Gasteiger partial charge in [-0.05, 0) is 57.9 Å². The molecule has 0 saturated carbocycles. The molecule has 3 aromatic carbocycles. The van der Waals surface area contributed by atoms with Crippen LogP contribution in [0.2, 0.25) is 0 Å². The molecule has 0 aliphatic carbocycles. The van der Waals surface area contributed by atoms with Gasteiger partial charge in [-0.25, -0.2) is 4.98 Å². The number of halogens is 1. The zero-order valence-electron chi connectivity index (χ0n) is 21.3. The molecule has 0 radical (unpaired) electrons.